The number of nitrogens with zero attached hydrogens (tertiary/aromatic N) is 1. The zero-order valence-corrected chi connectivity index (χ0v) is 13.4. The predicted octanol–water partition coefficient (Wildman–Crippen LogP) is 1.76. The second-order valence-electron chi connectivity index (χ2n) is 5.33. The maximum absolute atomic E-state index is 12.9. The Hall–Kier alpha value is -1.11. The predicted molar refractivity (Wildman–Crippen MR) is 83.0 cm³/mol. The molecule has 0 bridgehead atoms. The third-order valence-corrected chi connectivity index (χ3v) is 5.86. The third-order valence-electron chi connectivity index (χ3n) is 3.86. The Bertz CT molecular complexity index is 564. The van der Waals surface area contributed by atoms with Crippen molar-refractivity contribution in [1.29, 1.82) is 0 Å². The first kappa shape index (κ1) is 16.3. The molecule has 118 valence electrons. The van der Waals surface area contributed by atoms with E-state index in [0.29, 0.717) is 36.7 Å². The van der Waals surface area contributed by atoms with Gasteiger partial charge in [-0.3, -0.25) is 0 Å². The van der Waals surface area contributed by atoms with Crippen molar-refractivity contribution < 1.29 is 13.2 Å². The summed E-state index contributed by atoms with van der Waals surface area (Å²) < 4.78 is 32.6. The third kappa shape index (κ3) is 3.75. The van der Waals surface area contributed by atoms with Gasteiger partial charge in [-0.25, -0.2) is 8.42 Å². The lowest BCUT2D eigenvalue weighted by Crippen LogP contribution is -2.32. The van der Waals surface area contributed by atoms with Crippen LogP contribution >= 0.6 is 0 Å². The van der Waals surface area contributed by atoms with Crippen molar-refractivity contribution in [3.05, 3.63) is 23.8 Å². The molecule has 1 aromatic rings. The fourth-order valence-electron chi connectivity index (χ4n) is 2.71. The summed E-state index contributed by atoms with van der Waals surface area (Å²) >= 11 is 0. The number of sulfonamides is 1. The van der Waals surface area contributed by atoms with Crippen LogP contribution < -0.4 is 10.5 Å². The highest BCUT2D eigenvalue weighted by atomic mass is 32.2. The Balaban J connectivity index is 2.37. The minimum Gasteiger partial charge on any atom is -0.497 e. The van der Waals surface area contributed by atoms with E-state index in [0.717, 1.165) is 31.2 Å². The number of rotatable bonds is 5. The van der Waals surface area contributed by atoms with E-state index >= 15 is 0 Å². The van der Waals surface area contributed by atoms with Crippen LogP contribution in [0.1, 0.15) is 31.2 Å². The molecule has 5 nitrogen and oxygen atoms in total. The lowest BCUT2D eigenvalue weighted by Gasteiger charge is -2.22. The maximum Gasteiger partial charge on any atom is 0.243 e. The summed E-state index contributed by atoms with van der Waals surface area (Å²) in [7, 11) is -1.87. The van der Waals surface area contributed by atoms with Crippen molar-refractivity contribution in [1.82, 2.24) is 4.31 Å². The molecule has 1 aromatic carbocycles. The molecule has 2 rings (SSSR count). The Labute approximate surface area is 127 Å². The molecule has 0 amide bonds. The Kier molecular flexibility index (Phi) is 5.61. The van der Waals surface area contributed by atoms with Gasteiger partial charge in [0.1, 0.15) is 5.75 Å². The van der Waals surface area contributed by atoms with Gasteiger partial charge in [0.25, 0.3) is 0 Å². The molecule has 1 aliphatic rings. The topological polar surface area (TPSA) is 72.6 Å². The van der Waals surface area contributed by atoms with E-state index in [2.05, 4.69) is 0 Å². The quantitative estimate of drug-likeness (QED) is 0.899. The van der Waals surface area contributed by atoms with Crippen LogP contribution in [-0.4, -0.2) is 39.5 Å². The summed E-state index contributed by atoms with van der Waals surface area (Å²) in [6, 6.07) is 5.12. The smallest absolute Gasteiger partial charge is 0.243 e. The van der Waals surface area contributed by atoms with Crippen LogP contribution in [-0.2, 0) is 16.4 Å². The Morgan fingerprint density at radius 1 is 1.19 bits per heavy atom. The molecule has 0 spiro atoms. The van der Waals surface area contributed by atoms with Gasteiger partial charge < -0.3 is 10.5 Å². The normalized spacial score (nSPS) is 17.4. The highest BCUT2D eigenvalue weighted by Gasteiger charge is 2.27. The molecule has 1 heterocycles. The summed E-state index contributed by atoms with van der Waals surface area (Å²) in [5.41, 5.74) is 6.36. The first-order valence-corrected chi connectivity index (χ1v) is 8.90. The number of nitrogens with two attached hydrogens (primary N) is 1. The van der Waals surface area contributed by atoms with E-state index in [-0.39, 0.29) is 0 Å². The second-order valence-corrected chi connectivity index (χ2v) is 7.24. The van der Waals surface area contributed by atoms with E-state index in [9.17, 15) is 8.42 Å². The number of methoxy groups -OCH3 is 1. The van der Waals surface area contributed by atoms with E-state index in [1.165, 1.54) is 0 Å². The minimum absolute atomic E-state index is 0.371. The van der Waals surface area contributed by atoms with E-state index in [4.69, 9.17) is 10.5 Å². The fourth-order valence-corrected chi connectivity index (χ4v) is 4.46. The lowest BCUT2D eigenvalue weighted by atomic mass is 10.1. The summed E-state index contributed by atoms with van der Waals surface area (Å²) in [6.07, 6.45) is 4.59. The average Bonchev–Trinajstić information content (AvgIpc) is 2.77. The van der Waals surface area contributed by atoms with Gasteiger partial charge in [-0.15, -0.1) is 0 Å². The maximum atomic E-state index is 12.9. The van der Waals surface area contributed by atoms with Crippen molar-refractivity contribution in [3.63, 3.8) is 0 Å². The van der Waals surface area contributed by atoms with Gasteiger partial charge in [0.05, 0.1) is 12.0 Å². The van der Waals surface area contributed by atoms with Crippen LogP contribution in [0.3, 0.4) is 0 Å². The van der Waals surface area contributed by atoms with E-state index in [1.54, 1.807) is 29.6 Å². The standard InChI is InChI=1S/C15H24N2O3S/c1-20-14-6-7-15(13(12-14)8-9-16)21(18,19)17-10-4-2-3-5-11-17/h6-7,12H,2-5,8-11,16H2,1H3. The molecular weight excluding hydrogens is 288 g/mol. The first-order chi connectivity index (χ1) is 10.1. The van der Waals surface area contributed by atoms with Crippen molar-refractivity contribution in [2.45, 2.75) is 37.0 Å². The molecule has 0 saturated carbocycles. The van der Waals surface area contributed by atoms with Crippen LogP contribution in [0, 0.1) is 0 Å². The Morgan fingerprint density at radius 2 is 1.86 bits per heavy atom. The molecule has 0 unspecified atom stereocenters. The number of ether oxygens (including phenoxy) is 1. The van der Waals surface area contributed by atoms with Gasteiger partial charge in [0.15, 0.2) is 0 Å². The Morgan fingerprint density at radius 3 is 2.43 bits per heavy atom. The van der Waals surface area contributed by atoms with Gasteiger partial charge in [0.2, 0.25) is 10.0 Å². The number of hydrogen-bond acceptors (Lipinski definition) is 4. The molecule has 21 heavy (non-hydrogen) atoms. The van der Waals surface area contributed by atoms with E-state index < -0.39 is 10.0 Å². The zero-order valence-electron chi connectivity index (χ0n) is 12.5. The SMILES string of the molecule is COc1ccc(S(=O)(=O)N2CCCCCC2)c(CCN)c1. The molecule has 0 aromatic heterocycles. The van der Waals surface area contributed by atoms with Crippen molar-refractivity contribution in [2.24, 2.45) is 5.73 Å². The molecule has 0 aliphatic carbocycles. The summed E-state index contributed by atoms with van der Waals surface area (Å²) in [6.45, 7) is 1.63. The number of benzene rings is 1. The van der Waals surface area contributed by atoms with Crippen LogP contribution in [0.4, 0.5) is 0 Å². The minimum atomic E-state index is -3.44. The van der Waals surface area contributed by atoms with Crippen molar-refractivity contribution >= 4 is 10.0 Å². The molecular formula is C15H24N2O3S. The van der Waals surface area contributed by atoms with Gasteiger partial charge in [0, 0.05) is 13.1 Å². The molecule has 1 saturated heterocycles. The fraction of sp³-hybridized carbons (Fsp3) is 0.600. The van der Waals surface area contributed by atoms with Crippen molar-refractivity contribution in [2.75, 3.05) is 26.7 Å². The average molecular weight is 312 g/mol. The highest BCUT2D eigenvalue weighted by molar-refractivity contribution is 7.89. The molecule has 1 aliphatic heterocycles. The largest absolute Gasteiger partial charge is 0.497 e. The van der Waals surface area contributed by atoms with Gasteiger partial charge in [-0.05, 0) is 49.6 Å². The first-order valence-electron chi connectivity index (χ1n) is 7.46. The van der Waals surface area contributed by atoms with Gasteiger partial charge >= 0.3 is 0 Å². The van der Waals surface area contributed by atoms with Crippen LogP contribution in [0.5, 0.6) is 5.75 Å². The molecule has 0 radical (unpaired) electrons. The highest BCUT2D eigenvalue weighted by Crippen LogP contribution is 2.26. The summed E-state index contributed by atoms with van der Waals surface area (Å²) in [5, 5.41) is 0. The second kappa shape index (κ2) is 7.24. The number of hydrogen-bond donors (Lipinski definition) is 1. The monoisotopic (exact) mass is 312 g/mol. The zero-order chi connectivity index (χ0) is 15.3. The van der Waals surface area contributed by atoms with E-state index in [1.807, 2.05) is 0 Å². The molecule has 2 N–H and O–H groups in total. The van der Waals surface area contributed by atoms with Crippen LogP contribution in [0.2, 0.25) is 0 Å². The van der Waals surface area contributed by atoms with Crippen LogP contribution in [0.25, 0.3) is 0 Å². The molecule has 0 atom stereocenters. The summed E-state index contributed by atoms with van der Waals surface area (Å²) in [4.78, 5) is 0.371. The van der Waals surface area contributed by atoms with Gasteiger partial charge in [-0.1, -0.05) is 12.8 Å². The molecule has 1 fully saturated rings. The van der Waals surface area contributed by atoms with Crippen LogP contribution in [0.15, 0.2) is 23.1 Å². The lowest BCUT2D eigenvalue weighted by molar-refractivity contribution is 0.412. The summed E-state index contributed by atoms with van der Waals surface area (Å²) in [5.74, 6) is 0.660. The van der Waals surface area contributed by atoms with Gasteiger partial charge in [-0.2, -0.15) is 4.31 Å². The molecule has 6 heteroatoms. The van der Waals surface area contributed by atoms with Crippen molar-refractivity contribution in [3.8, 4) is 5.75 Å².